The molecule has 0 aliphatic carbocycles. The highest BCUT2D eigenvalue weighted by Gasteiger charge is 2.25. The Kier molecular flexibility index (Phi) is 6.77. The third kappa shape index (κ3) is 5.62. The fourth-order valence-electron chi connectivity index (χ4n) is 3.48. The number of pyridine rings is 1. The summed E-state index contributed by atoms with van der Waals surface area (Å²) in [6, 6.07) is 15.5. The fourth-order valence-corrected chi connectivity index (χ4v) is 3.48. The highest BCUT2D eigenvalue weighted by molar-refractivity contribution is 5.94. The van der Waals surface area contributed by atoms with Gasteiger partial charge in [0.25, 0.3) is 11.8 Å². The number of aromatic nitrogens is 1. The van der Waals surface area contributed by atoms with Crippen molar-refractivity contribution < 1.29 is 23.1 Å². The maximum absolute atomic E-state index is 13.9. The second kappa shape index (κ2) is 10.1. The molecule has 170 valence electrons. The van der Waals surface area contributed by atoms with Gasteiger partial charge in [0.1, 0.15) is 23.2 Å². The molecule has 7 nitrogen and oxygen atoms in total. The molecule has 2 aromatic carbocycles. The largest absolute Gasteiger partial charge is 0.484 e. The molecule has 0 spiro atoms. The van der Waals surface area contributed by atoms with Crippen LogP contribution in [0.3, 0.4) is 0 Å². The predicted molar refractivity (Wildman–Crippen MR) is 119 cm³/mol. The molecule has 0 radical (unpaired) electrons. The Hall–Kier alpha value is -4.01. The lowest BCUT2D eigenvalue weighted by Gasteiger charge is -2.35. The van der Waals surface area contributed by atoms with Crippen molar-refractivity contribution in [1.82, 2.24) is 9.88 Å². The molecule has 0 bridgehead atoms. The number of hydrogen-bond acceptors (Lipinski definition) is 5. The van der Waals surface area contributed by atoms with E-state index in [0.717, 1.165) is 6.07 Å². The van der Waals surface area contributed by atoms with Crippen LogP contribution in [0.25, 0.3) is 0 Å². The van der Waals surface area contributed by atoms with Gasteiger partial charge in [0.15, 0.2) is 6.61 Å². The number of para-hydroxylation sites is 1. The Labute approximate surface area is 189 Å². The zero-order valence-corrected chi connectivity index (χ0v) is 17.7. The zero-order valence-electron chi connectivity index (χ0n) is 17.7. The molecule has 1 aliphatic heterocycles. The minimum atomic E-state index is -0.865. The summed E-state index contributed by atoms with van der Waals surface area (Å²) < 4.78 is 32.4. The smallest absolute Gasteiger partial charge is 0.262 e. The number of piperazine rings is 1. The molecule has 0 saturated carbocycles. The van der Waals surface area contributed by atoms with Crippen molar-refractivity contribution in [2.45, 2.75) is 0 Å². The van der Waals surface area contributed by atoms with Crippen molar-refractivity contribution >= 4 is 23.3 Å². The molecule has 9 heteroatoms. The Balaban J connectivity index is 1.27. The first-order valence-corrected chi connectivity index (χ1v) is 10.4. The van der Waals surface area contributed by atoms with Gasteiger partial charge in [0.05, 0.1) is 17.4 Å². The first kappa shape index (κ1) is 22.2. The van der Waals surface area contributed by atoms with Crippen LogP contribution in [0.1, 0.15) is 10.4 Å². The van der Waals surface area contributed by atoms with Gasteiger partial charge >= 0.3 is 0 Å². The molecular weight excluding hydrogens is 430 g/mol. The van der Waals surface area contributed by atoms with E-state index in [9.17, 15) is 18.4 Å². The van der Waals surface area contributed by atoms with E-state index in [1.165, 1.54) is 11.0 Å². The van der Waals surface area contributed by atoms with Crippen molar-refractivity contribution in [2.75, 3.05) is 43.0 Å². The first-order chi connectivity index (χ1) is 16.0. The third-order valence-corrected chi connectivity index (χ3v) is 5.20. The van der Waals surface area contributed by atoms with E-state index in [1.807, 2.05) is 23.1 Å². The van der Waals surface area contributed by atoms with Gasteiger partial charge in [-0.3, -0.25) is 9.59 Å². The highest BCUT2D eigenvalue weighted by atomic mass is 19.1. The number of amides is 2. The van der Waals surface area contributed by atoms with E-state index < -0.39 is 17.5 Å². The van der Waals surface area contributed by atoms with E-state index in [0.29, 0.717) is 49.5 Å². The summed E-state index contributed by atoms with van der Waals surface area (Å²) in [5.74, 6) is -1.03. The maximum Gasteiger partial charge on any atom is 0.262 e. The molecule has 4 rings (SSSR count). The van der Waals surface area contributed by atoms with Gasteiger partial charge in [-0.2, -0.15) is 0 Å². The molecule has 2 amide bonds. The molecule has 1 saturated heterocycles. The van der Waals surface area contributed by atoms with Crippen molar-refractivity contribution in [1.29, 1.82) is 0 Å². The highest BCUT2D eigenvalue weighted by Crippen LogP contribution is 2.19. The van der Waals surface area contributed by atoms with Gasteiger partial charge in [-0.1, -0.05) is 18.2 Å². The van der Waals surface area contributed by atoms with E-state index >= 15 is 0 Å². The number of halogens is 2. The van der Waals surface area contributed by atoms with Gasteiger partial charge in [-0.15, -0.1) is 0 Å². The Bertz CT molecular complexity index is 1120. The molecule has 3 aromatic rings. The number of carbonyl (C=O) groups is 2. The number of nitrogens with zero attached hydrogens (tertiary/aromatic N) is 3. The summed E-state index contributed by atoms with van der Waals surface area (Å²) in [5, 5.41) is 2.73. The SMILES string of the molecule is O=C(COc1ccccc1)Nc1ccc(N2CCN(C(=O)c3ccc(F)cc3F)CC2)nc1. The van der Waals surface area contributed by atoms with Gasteiger partial charge in [0, 0.05) is 32.2 Å². The van der Waals surface area contributed by atoms with Crippen LogP contribution in [0.2, 0.25) is 0 Å². The molecule has 0 unspecified atom stereocenters. The maximum atomic E-state index is 13.9. The normalized spacial score (nSPS) is 13.5. The number of hydrogen-bond donors (Lipinski definition) is 1. The van der Waals surface area contributed by atoms with Crippen LogP contribution < -0.4 is 15.0 Å². The number of anilines is 2. The predicted octanol–water partition coefficient (Wildman–Crippen LogP) is 3.34. The van der Waals surface area contributed by atoms with Crippen LogP contribution >= 0.6 is 0 Å². The molecular formula is C24H22F2N4O3. The van der Waals surface area contributed by atoms with Gasteiger partial charge in [-0.05, 0) is 36.4 Å². The molecule has 1 aromatic heterocycles. The Morgan fingerprint density at radius 1 is 0.970 bits per heavy atom. The van der Waals surface area contributed by atoms with E-state index in [-0.39, 0.29) is 18.1 Å². The van der Waals surface area contributed by atoms with Crippen molar-refractivity contribution in [2.24, 2.45) is 0 Å². The minimum Gasteiger partial charge on any atom is -0.484 e. The van der Waals surface area contributed by atoms with Gasteiger partial charge in [0.2, 0.25) is 0 Å². The van der Waals surface area contributed by atoms with Crippen molar-refractivity contribution in [3.63, 3.8) is 0 Å². The third-order valence-electron chi connectivity index (χ3n) is 5.20. The molecule has 33 heavy (non-hydrogen) atoms. The number of ether oxygens (including phenoxy) is 1. The monoisotopic (exact) mass is 452 g/mol. The van der Waals surface area contributed by atoms with Gasteiger partial charge in [-0.25, -0.2) is 13.8 Å². The van der Waals surface area contributed by atoms with Crippen LogP contribution in [-0.2, 0) is 4.79 Å². The summed E-state index contributed by atoms with van der Waals surface area (Å²) in [6.45, 7) is 1.67. The summed E-state index contributed by atoms with van der Waals surface area (Å²) in [7, 11) is 0. The van der Waals surface area contributed by atoms with E-state index in [2.05, 4.69) is 10.3 Å². The second-order valence-electron chi connectivity index (χ2n) is 7.46. The minimum absolute atomic E-state index is 0.115. The lowest BCUT2D eigenvalue weighted by molar-refractivity contribution is -0.118. The summed E-state index contributed by atoms with van der Waals surface area (Å²) in [6.07, 6.45) is 1.56. The van der Waals surface area contributed by atoms with Crippen molar-refractivity contribution in [3.8, 4) is 5.75 Å². The Morgan fingerprint density at radius 2 is 1.73 bits per heavy atom. The van der Waals surface area contributed by atoms with Gasteiger partial charge < -0.3 is 19.9 Å². The zero-order chi connectivity index (χ0) is 23.2. The fraction of sp³-hybridized carbons (Fsp3) is 0.208. The average molecular weight is 452 g/mol. The standard InChI is InChI=1S/C24H22F2N4O3/c25-17-6-8-20(21(26)14-17)24(32)30-12-10-29(11-13-30)22-9-7-18(15-27-22)28-23(31)16-33-19-4-2-1-3-5-19/h1-9,14-15H,10-13,16H2,(H,28,31). The van der Waals surface area contributed by atoms with Crippen LogP contribution in [-0.4, -0.2) is 54.5 Å². The molecule has 0 atom stereocenters. The van der Waals surface area contributed by atoms with Crippen LogP contribution in [0.4, 0.5) is 20.3 Å². The molecule has 2 heterocycles. The number of benzene rings is 2. The summed E-state index contributed by atoms with van der Waals surface area (Å²) in [5.41, 5.74) is 0.403. The molecule has 1 fully saturated rings. The van der Waals surface area contributed by atoms with Crippen LogP contribution in [0.15, 0.2) is 66.9 Å². The van der Waals surface area contributed by atoms with E-state index in [1.54, 1.807) is 30.5 Å². The number of rotatable bonds is 6. The number of carbonyl (C=O) groups excluding carboxylic acids is 2. The number of nitrogens with one attached hydrogen (secondary N) is 1. The first-order valence-electron chi connectivity index (χ1n) is 10.4. The molecule has 1 aliphatic rings. The average Bonchev–Trinajstić information content (AvgIpc) is 2.84. The topological polar surface area (TPSA) is 74.8 Å². The van der Waals surface area contributed by atoms with Crippen LogP contribution in [0, 0.1) is 11.6 Å². The quantitative estimate of drug-likeness (QED) is 0.621. The van der Waals surface area contributed by atoms with E-state index in [4.69, 9.17) is 4.74 Å². The molecule has 1 N–H and O–H groups in total. The van der Waals surface area contributed by atoms with Crippen molar-refractivity contribution in [3.05, 3.63) is 84.1 Å². The van der Waals surface area contributed by atoms with Crippen LogP contribution in [0.5, 0.6) is 5.75 Å². The summed E-state index contributed by atoms with van der Waals surface area (Å²) in [4.78, 5) is 32.5. The lowest BCUT2D eigenvalue weighted by atomic mass is 10.1. The Morgan fingerprint density at radius 3 is 2.39 bits per heavy atom. The second-order valence-corrected chi connectivity index (χ2v) is 7.46. The summed E-state index contributed by atoms with van der Waals surface area (Å²) >= 11 is 0. The lowest BCUT2D eigenvalue weighted by Crippen LogP contribution is -2.49.